The Morgan fingerprint density at radius 2 is 2.25 bits per heavy atom. The highest BCUT2D eigenvalue weighted by atomic mass is 16.5. The molecule has 0 radical (unpaired) electrons. The van der Waals surface area contributed by atoms with Gasteiger partial charge in [0.15, 0.2) is 0 Å². The lowest BCUT2D eigenvalue weighted by molar-refractivity contribution is 0.0797. The van der Waals surface area contributed by atoms with Crippen LogP contribution in [-0.2, 0) is 4.74 Å². The van der Waals surface area contributed by atoms with E-state index in [-0.39, 0.29) is 0 Å². The number of likely N-dealkylation sites (N-methyl/N-ethyl adjacent to an activating group) is 3. The van der Waals surface area contributed by atoms with Crippen LogP contribution in [-0.4, -0.2) is 69.3 Å². The third kappa shape index (κ3) is 2.39. The van der Waals surface area contributed by atoms with Crippen molar-refractivity contribution in [3.8, 4) is 0 Å². The number of nitrogens with one attached hydrogen (secondary N) is 1. The van der Waals surface area contributed by atoms with Gasteiger partial charge in [0.1, 0.15) is 5.76 Å². The highest BCUT2D eigenvalue weighted by molar-refractivity contribution is 5.12. The van der Waals surface area contributed by atoms with Gasteiger partial charge in [-0.1, -0.05) is 0 Å². The third-order valence-electron chi connectivity index (χ3n) is 3.63. The van der Waals surface area contributed by atoms with Crippen molar-refractivity contribution in [1.82, 2.24) is 15.1 Å². The number of hydrogen-bond donors (Lipinski definition) is 1. The SMILES string of the molecule is CNC(C1=CCCO1)C1CN(C)CCN1C. The summed E-state index contributed by atoms with van der Waals surface area (Å²) in [7, 11) is 6.42. The van der Waals surface area contributed by atoms with E-state index in [0.717, 1.165) is 38.4 Å². The molecule has 4 nitrogen and oxygen atoms in total. The van der Waals surface area contributed by atoms with Gasteiger partial charge in [-0.3, -0.25) is 4.90 Å². The second-order valence-electron chi connectivity index (χ2n) is 4.82. The maximum atomic E-state index is 5.70. The van der Waals surface area contributed by atoms with E-state index in [9.17, 15) is 0 Å². The van der Waals surface area contributed by atoms with Crippen molar-refractivity contribution in [2.75, 3.05) is 47.4 Å². The Labute approximate surface area is 98.2 Å². The topological polar surface area (TPSA) is 27.7 Å². The monoisotopic (exact) mass is 225 g/mol. The van der Waals surface area contributed by atoms with Crippen LogP contribution < -0.4 is 5.32 Å². The number of piperazine rings is 1. The maximum Gasteiger partial charge on any atom is 0.111 e. The van der Waals surface area contributed by atoms with Crippen LogP contribution >= 0.6 is 0 Å². The second kappa shape index (κ2) is 5.17. The molecule has 2 atom stereocenters. The van der Waals surface area contributed by atoms with E-state index in [2.05, 4.69) is 35.3 Å². The van der Waals surface area contributed by atoms with Gasteiger partial charge >= 0.3 is 0 Å². The lowest BCUT2D eigenvalue weighted by Crippen LogP contribution is -2.58. The summed E-state index contributed by atoms with van der Waals surface area (Å²) >= 11 is 0. The molecule has 0 aliphatic carbocycles. The Bertz CT molecular complexity index is 267. The fourth-order valence-electron chi connectivity index (χ4n) is 2.58. The molecule has 0 spiro atoms. The summed E-state index contributed by atoms with van der Waals surface area (Å²) in [6.07, 6.45) is 3.28. The third-order valence-corrected chi connectivity index (χ3v) is 3.63. The number of rotatable bonds is 3. The normalized spacial score (nSPS) is 29.9. The minimum Gasteiger partial charge on any atom is -0.496 e. The molecule has 1 saturated heterocycles. The van der Waals surface area contributed by atoms with Gasteiger partial charge in [0.2, 0.25) is 0 Å². The van der Waals surface area contributed by atoms with Crippen LogP contribution in [0.15, 0.2) is 11.8 Å². The zero-order chi connectivity index (χ0) is 11.5. The van der Waals surface area contributed by atoms with Crippen LogP contribution in [0.2, 0.25) is 0 Å². The van der Waals surface area contributed by atoms with Crippen molar-refractivity contribution in [3.05, 3.63) is 11.8 Å². The van der Waals surface area contributed by atoms with Crippen molar-refractivity contribution >= 4 is 0 Å². The zero-order valence-corrected chi connectivity index (χ0v) is 10.6. The predicted molar refractivity (Wildman–Crippen MR) is 65.4 cm³/mol. The molecule has 0 saturated carbocycles. The summed E-state index contributed by atoms with van der Waals surface area (Å²) in [5, 5.41) is 3.40. The minimum atomic E-state index is 0.329. The lowest BCUT2D eigenvalue weighted by Gasteiger charge is -2.41. The first kappa shape index (κ1) is 11.9. The molecule has 2 heterocycles. The van der Waals surface area contributed by atoms with Gasteiger partial charge in [-0.15, -0.1) is 0 Å². The summed E-state index contributed by atoms with van der Waals surface area (Å²) in [4.78, 5) is 4.83. The van der Waals surface area contributed by atoms with Crippen molar-refractivity contribution in [3.63, 3.8) is 0 Å². The maximum absolute atomic E-state index is 5.70. The Morgan fingerprint density at radius 1 is 1.44 bits per heavy atom. The van der Waals surface area contributed by atoms with Crippen molar-refractivity contribution in [1.29, 1.82) is 0 Å². The molecule has 1 fully saturated rings. The summed E-state index contributed by atoms with van der Waals surface area (Å²) < 4.78 is 5.70. The Hall–Kier alpha value is -0.580. The molecule has 0 amide bonds. The van der Waals surface area contributed by atoms with Crippen molar-refractivity contribution in [2.24, 2.45) is 0 Å². The molecular formula is C12H23N3O. The van der Waals surface area contributed by atoms with Crippen LogP contribution in [0, 0.1) is 0 Å². The molecule has 92 valence electrons. The van der Waals surface area contributed by atoms with Gasteiger partial charge in [-0.2, -0.15) is 0 Å². The van der Waals surface area contributed by atoms with E-state index in [4.69, 9.17) is 4.74 Å². The molecule has 16 heavy (non-hydrogen) atoms. The summed E-state index contributed by atoms with van der Waals surface area (Å²) in [5.74, 6) is 1.13. The number of nitrogens with zero attached hydrogens (tertiary/aromatic N) is 2. The molecular weight excluding hydrogens is 202 g/mol. The van der Waals surface area contributed by atoms with E-state index in [1.165, 1.54) is 0 Å². The van der Waals surface area contributed by atoms with Gasteiger partial charge in [0.25, 0.3) is 0 Å². The molecule has 2 aliphatic heterocycles. The highest BCUT2D eigenvalue weighted by Gasteiger charge is 2.32. The molecule has 2 rings (SSSR count). The molecule has 2 aliphatic rings. The fourth-order valence-corrected chi connectivity index (χ4v) is 2.58. The first-order valence-electron chi connectivity index (χ1n) is 6.11. The van der Waals surface area contributed by atoms with Crippen LogP contribution in [0.25, 0.3) is 0 Å². The summed E-state index contributed by atoms with van der Waals surface area (Å²) in [5.41, 5.74) is 0. The molecule has 1 N–H and O–H groups in total. The highest BCUT2D eigenvalue weighted by Crippen LogP contribution is 2.20. The van der Waals surface area contributed by atoms with Gasteiger partial charge in [0, 0.05) is 32.1 Å². The van der Waals surface area contributed by atoms with Crippen LogP contribution in [0.5, 0.6) is 0 Å². The van der Waals surface area contributed by atoms with Gasteiger partial charge in [0.05, 0.1) is 12.6 Å². The van der Waals surface area contributed by atoms with Crippen molar-refractivity contribution < 1.29 is 4.74 Å². The molecule has 0 aromatic heterocycles. The van der Waals surface area contributed by atoms with E-state index in [1.54, 1.807) is 0 Å². The first-order valence-corrected chi connectivity index (χ1v) is 6.11. The average Bonchev–Trinajstić information content (AvgIpc) is 2.78. The largest absolute Gasteiger partial charge is 0.496 e. The Balaban J connectivity index is 2.06. The van der Waals surface area contributed by atoms with Gasteiger partial charge < -0.3 is 15.0 Å². The number of hydrogen-bond acceptors (Lipinski definition) is 4. The molecule has 0 aromatic carbocycles. The molecule has 0 aromatic rings. The fraction of sp³-hybridized carbons (Fsp3) is 0.833. The van der Waals surface area contributed by atoms with Crippen LogP contribution in [0.3, 0.4) is 0 Å². The van der Waals surface area contributed by atoms with E-state index < -0.39 is 0 Å². The predicted octanol–water partition coefficient (Wildman–Crippen LogP) is 0.124. The molecule has 2 unspecified atom stereocenters. The zero-order valence-electron chi connectivity index (χ0n) is 10.6. The van der Waals surface area contributed by atoms with Gasteiger partial charge in [-0.25, -0.2) is 0 Å². The Morgan fingerprint density at radius 3 is 2.88 bits per heavy atom. The van der Waals surface area contributed by atoms with Crippen molar-refractivity contribution in [2.45, 2.75) is 18.5 Å². The number of ether oxygens (including phenoxy) is 1. The molecule has 4 heteroatoms. The first-order chi connectivity index (χ1) is 7.72. The average molecular weight is 225 g/mol. The second-order valence-corrected chi connectivity index (χ2v) is 4.82. The van der Waals surface area contributed by atoms with E-state index in [1.807, 2.05) is 7.05 Å². The van der Waals surface area contributed by atoms with Crippen LogP contribution in [0.4, 0.5) is 0 Å². The quantitative estimate of drug-likeness (QED) is 0.738. The molecule has 0 bridgehead atoms. The smallest absolute Gasteiger partial charge is 0.111 e. The van der Waals surface area contributed by atoms with Crippen LogP contribution in [0.1, 0.15) is 6.42 Å². The van der Waals surface area contributed by atoms with E-state index in [0.29, 0.717) is 12.1 Å². The minimum absolute atomic E-state index is 0.329. The Kier molecular flexibility index (Phi) is 3.84. The standard InChI is InChI=1S/C12H23N3O/c1-13-12(11-5-4-8-16-11)10-9-14(2)6-7-15(10)3/h5,10,12-13H,4,6-9H2,1-3H3. The lowest BCUT2D eigenvalue weighted by atomic mass is 10.0. The van der Waals surface area contributed by atoms with Gasteiger partial charge in [-0.05, 0) is 27.2 Å². The summed E-state index contributed by atoms with van der Waals surface area (Å²) in [6, 6.07) is 0.836. The van der Waals surface area contributed by atoms with E-state index >= 15 is 0 Å². The summed E-state index contributed by atoms with van der Waals surface area (Å²) in [6.45, 7) is 4.23.